The van der Waals surface area contributed by atoms with Crippen molar-refractivity contribution in [3.8, 4) is 11.8 Å². The van der Waals surface area contributed by atoms with Gasteiger partial charge in [-0.25, -0.2) is 0 Å². The third kappa shape index (κ3) is 3.70. The Bertz CT molecular complexity index is 719. The molecule has 6 heteroatoms. The van der Waals surface area contributed by atoms with Crippen molar-refractivity contribution in [3.63, 3.8) is 0 Å². The van der Waals surface area contributed by atoms with Gasteiger partial charge in [-0.3, -0.25) is 9.78 Å². The highest BCUT2D eigenvalue weighted by Gasteiger charge is 2.28. The van der Waals surface area contributed by atoms with Gasteiger partial charge in [0.05, 0.1) is 17.7 Å². The van der Waals surface area contributed by atoms with Crippen molar-refractivity contribution in [1.29, 1.82) is 5.26 Å². The zero-order valence-electron chi connectivity index (χ0n) is 13.2. The van der Waals surface area contributed by atoms with Crippen molar-refractivity contribution in [2.75, 3.05) is 13.1 Å². The van der Waals surface area contributed by atoms with Crippen LogP contribution in [0.15, 0.2) is 48.8 Å². The van der Waals surface area contributed by atoms with Gasteiger partial charge in [-0.1, -0.05) is 0 Å². The fourth-order valence-corrected chi connectivity index (χ4v) is 2.65. The SMILES string of the molecule is N#Cc1ccc(ON(C(=O)c2ccncc2)C2CCNCC2)cc1. The molecule has 3 rings (SSSR count). The highest BCUT2D eigenvalue weighted by molar-refractivity contribution is 5.93. The first-order valence-corrected chi connectivity index (χ1v) is 7.90. The maximum absolute atomic E-state index is 12.9. The van der Waals surface area contributed by atoms with E-state index in [0.29, 0.717) is 16.9 Å². The Balaban J connectivity index is 1.83. The molecule has 0 unspecified atom stereocenters. The van der Waals surface area contributed by atoms with E-state index >= 15 is 0 Å². The van der Waals surface area contributed by atoms with Gasteiger partial charge in [0, 0.05) is 18.0 Å². The van der Waals surface area contributed by atoms with Crippen LogP contribution in [0.3, 0.4) is 0 Å². The Morgan fingerprint density at radius 3 is 2.46 bits per heavy atom. The van der Waals surface area contributed by atoms with Crippen LogP contribution >= 0.6 is 0 Å². The third-order valence-electron chi connectivity index (χ3n) is 3.95. The quantitative estimate of drug-likeness (QED) is 0.873. The van der Waals surface area contributed by atoms with Crippen LogP contribution in [0.2, 0.25) is 0 Å². The molecule has 1 fully saturated rings. The van der Waals surface area contributed by atoms with Crippen molar-refractivity contribution in [2.24, 2.45) is 0 Å². The molecule has 2 heterocycles. The standard InChI is InChI=1S/C18H18N4O2/c19-13-14-1-3-17(4-2-14)24-22(16-7-11-21-12-8-16)18(23)15-5-9-20-10-6-15/h1-6,9-10,16,21H,7-8,11-12H2. The second-order valence-electron chi connectivity index (χ2n) is 5.58. The summed E-state index contributed by atoms with van der Waals surface area (Å²) < 4.78 is 0. The minimum absolute atomic E-state index is 0.00237. The third-order valence-corrected chi connectivity index (χ3v) is 3.95. The summed E-state index contributed by atoms with van der Waals surface area (Å²) in [5, 5.41) is 13.6. The lowest BCUT2D eigenvalue weighted by atomic mass is 10.1. The van der Waals surface area contributed by atoms with E-state index in [1.807, 2.05) is 0 Å². The molecule has 6 nitrogen and oxygen atoms in total. The monoisotopic (exact) mass is 322 g/mol. The van der Waals surface area contributed by atoms with Crippen molar-refractivity contribution in [2.45, 2.75) is 18.9 Å². The topological polar surface area (TPSA) is 78.2 Å². The summed E-state index contributed by atoms with van der Waals surface area (Å²) in [6.07, 6.45) is 4.84. The average Bonchev–Trinajstić information content (AvgIpc) is 2.67. The number of carbonyl (C=O) groups excluding carboxylic acids is 1. The van der Waals surface area contributed by atoms with Crippen LogP contribution in [-0.4, -0.2) is 35.1 Å². The lowest BCUT2D eigenvalue weighted by molar-refractivity contribution is -0.0694. The van der Waals surface area contributed by atoms with Gasteiger partial charge < -0.3 is 10.2 Å². The molecule has 0 bridgehead atoms. The van der Waals surface area contributed by atoms with Gasteiger partial charge in [0.25, 0.3) is 5.91 Å². The van der Waals surface area contributed by atoms with Crippen molar-refractivity contribution < 1.29 is 9.63 Å². The molecule has 2 aromatic rings. The zero-order valence-corrected chi connectivity index (χ0v) is 13.2. The number of piperidine rings is 1. The highest BCUT2D eigenvalue weighted by atomic mass is 16.7. The van der Waals surface area contributed by atoms with Gasteiger partial charge in [0.1, 0.15) is 0 Å². The van der Waals surface area contributed by atoms with Crippen LogP contribution in [0.25, 0.3) is 0 Å². The number of hydrogen-bond donors (Lipinski definition) is 1. The largest absolute Gasteiger partial charge is 0.376 e. The summed E-state index contributed by atoms with van der Waals surface area (Å²) in [6.45, 7) is 1.70. The molecule has 1 aliphatic heterocycles. The molecule has 1 saturated heterocycles. The van der Waals surface area contributed by atoms with E-state index in [-0.39, 0.29) is 11.9 Å². The van der Waals surface area contributed by atoms with Gasteiger partial charge in [-0.2, -0.15) is 10.3 Å². The lowest BCUT2D eigenvalue weighted by Crippen LogP contribution is -2.47. The predicted molar refractivity (Wildman–Crippen MR) is 88.1 cm³/mol. The normalized spacial score (nSPS) is 14.6. The van der Waals surface area contributed by atoms with E-state index in [9.17, 15) is 4.79 Å². The molecule has 1 amide bonds. The van der Waals surface area contributed by atoms with Crippen molar-refractivity contribution in [3.05, 3.63) is 59.9 Å². The summed E-state index contributed by atoms with van der Waals surface area (Å²) in [5.74, 6) is 0.351. The summed E-state index contributed by atoms with van der Waals surface area (Å²) in [7, 11) is 0. The molecule has 1 aliphatic rings. The maximum atomic E-state index is 12.9. The fourth-order valence-electron chi connectivity index (χ4n) is 2.65. The molecule has 1 aromatic heterocycles. The molecule has 0 atom stereocenters. The van der Waals surface area contributed by atoms with Crippen LogP contribution in [0, 0.1) is 11.3 Å². The fraction of sp³-hybridized carbons (Fsp3) is 0.278. The Morgan fingerprint density at radius 1 is 1.17 bits per heavy atom. The van der Waals surface area contributed by atoms with E-state index in [4.69, 9.17) is 10.1 Å². The summed E-state index contributed by atoms with van der Waals surface area (Å²) in [4.78, 5) is 22.7. The van der Waals surface area contributed by atoms with Crippen LogP contribution in [0.5, 0.6) is 5.75 Å². The Hall–Kier alpha value is -2.91. The van der Waals surface area contributed by atoms with Crippen molar-refractivity contribution in [1.82, 2.24) is 15.4 Å². The minimum Gasteiger partial charge on any atom is -0.376 e. The maximum Gasteiger partial charge on any atom is 0.286 e. The second-order valence-corrected chi connectivity index (χ2v) is 5.58. The molecule has 122 valence electrons. The predicted octanol–water partition coefficient (Wildman–Crippen LogP) is 2.14. The second kappa shape index (κ2) is 7.57. The molecule has 0 radical (unpaired) electrons. The summed E-state index contributed by atoms with van der Waals surface area (Å²) in [5.41, 5.74) is 1.09. The summed E-state index contributed by atoms with van der Waals surface area (Å²) >= 11 is 0. The van der Waals surface area contributed by atoms with Crippen LogP contribution in [0.4, 0.5) is 0 Å². The number of benzene rings is 1. The van der Waals surface area contributed by atoms with E-state index in [2.05, 4.69) is 16.4 Å². The number of aromatic nitrogens is 1. The van der Waals surface area contributed by atoms with Crippen LogP contribution in [-0.2, 0) is 0 Å². The first-order valence-electron chi connectivity index (χ1n) is 7.90. The lowest BCUT2D eigenvalue weighted by Gasteiger charge is -2.33. The van der Waals surface area contributed by atoms with E-state index in [0.717, 1.165) is 25.9 Å². The average molecular weight is 322 g/mol. The molecule has 1 aromatic carbocycles. The molecule has 1 N–H and O–H groups in total. The zero-order chi connectivity index (χ0) is 16.8. The van der Waals surface area contributed by atoms with Gasteiger partial charge in [0.15, 0.2) is 5.75 Å². The minimum atomic E-state index is -0.186. The van der Waals surface area contributed by atoms with Gasteiger partial charge in [0.2, 0.25) is 0 Å². The first-order chi connectivity index (χ1) is 11.8. The Kier molecular flexibility index (Phi) is 5.04. The Labute approximate surface area is 140 Å². The van der Waals surface area contributed by atoms with Gasteiger partial charge in [-0.15, -0.1) is 0 Å². The number of hydroxylamine groups is 2. The molecule has 0 saturated carbocycles. The number of rotatable bonds is 4. The molecule has 0 aliphatic carbocycles. The first kappa shape index (κ1) is 16.0. The number of nitriles is 1. The van der Waals surface area contributed by atoms with E-state index in [1.54, 1.807) is 48.8 Å². The number of nitrogens with one attached hydrogen (secondary N) is 1. The number of carbonyl (C=O) groups is 1. The number of amides is 1. The van der Waals surface area contributed by atoms with Gasteiger partial charge in [-0.05, 0) is 62.3 Å². The van der Waals surface area contributed by atoms with Gasteiger partial charge >= 0.3 is 0 Å². The molecule has 24 heavy (non-hydrogen) atoms. The number of pyridine rings is 1. The molecular formula is C18H18N4O2. The van der Waals surface area contributed by atoms with Crippen molar-refractivity contribution >= 4 is 5.91 Å². The smallest absolute Gasteiger partial charge is 0.286 e. The number of hydrogen-bond acceptors (Lipinski definition) is 5. The van der Waals surface area contributed by atoms with Crippen LogP contribution in [0.1, 0.15) is 28.8 Å². The van der Waals surface area contributed by atoms with Crippen LogP contribution < -0.4 is 10.2 Å². The summed E-state index contributed by atoms with van der Waals surface area (Å²) in [6, 6.07) is 12.2. The molecular weight excluding hydrogens is 304 g/mol. The van der Waals surface area contributed by atoms with E-state index in [1.165, 1.54) is 5.06 Å². The molecule has 0 spiro atoms. The van der Waals surface area contributed by atoms with E-state index < -0.39 is 0 Å². The number of nitrogens with zero attached hydrogens (tertiary/aromatic N) is 3. The Morgan fingerprint density at radius 2 is 1.83 bits per heavy atom. The highest BCUT2D eigenvalue weighted by Crippen LogP contribution is 2.20.